The predicted molar refractivity (Wildman–Crippen MR) is 154 cm³/mol. The quantitative estimate of drug-likeness (QED) is 0.322. The molecule has 1 aliphatic rings. The van der Waals surface area contributed by atoms with Crippen molar-refractivity contribution in [2.75, 3.05) is 30.4 Å². The fourth-order valence-corrected chi connectivity index (χ4v) is 7.54. The Bertz CT molecular complexity index is 1590. The first-order valence-corrected chi connectivity index (χ1v) is 17.6. The molecule has 1 aliphatic heterocycles. The number of nitrogen functional groups attached to an aromatic ring is 1. The molecule has 4 aromatic rings. The second kappa shape index (κ2) is 9.39. The van der Waals surface area contributed by atoms with Crippen molar-refractivity contribution in [2.45, 2.75) is 68.6 Å². The molecule has 204 valence electrons. The van der Waals surface area contributed by atoms with E-state index in [9.17, 15) is 8.42 Å². The van der Waals surface area contributed by atoms with E-state index in [4.69, 9.17) is 10.2 Å². The molecule has 9 nitrogen and oxygen atoms in total. The zero-order valence-electron chi connectivity index (χ0n) is 23.1. The van der Waals surface area contributed by atoms with E-state index in [0.29, 0.717) is 28.2 Å². The third-order valence-corrected chi connectivity index (χ3v) is 14.6. The van der Waals surface area contributed by atoms with Crippen LogP contribution in [0.4, 0.5) is 5.95 Å². The molecular weight excluding hydrogens is 516 g/mol. The first kappa shape index (κ1) is 26.7. The second-order valence-corrected chi connectivity index (χ2v) is 18.5. The molecule has 0 atom stereocenters. The van der Waals surface area contributed by atoms with Gasteiger partial charge >= 0.3 is 0 Å². The van der Waals surface area contributed by atoms with Gasteiger partial charge in [-0.05, 0) is 61.5 Å². The van der Waals surface area contributed by atoms with Crippen LogP contribution < -0.4 is 10.7 Å². The molecule has 0 radical (unpaired) electrons. The van der Waals surface area contributed by atoms with Crippen LogP contribution in [0.25, 0.3) is 22.1 Å². The highest BCUT2D eigenvalue weighted by Crippen LogP contribution is 2.38. The van der Waals surface area contributed by atoms with Crippen LogP contribution >= 0.6 is 0 Å². The number of benzene rings is 1. The van der Waals surface area contributed by atoms with Gasteiger partial charge in [0.05, 0.1) is 4.90 Å². The topological polar surface area (TPSA) is 119 Å². The summed E-state index contributed by atoms with van der Waals surface area (Å²) in [5, 5.41) is 3.06. The first-order chi connectivity index (χ1) is 17.8. The molecule has 0 spiro atoms. The number of hydrogen-bond donors (Lipinski definition) is 2. The van der Waals surface area contributed by atoms with Crippen molar-refractivity contribution in [3.63, 3.8) is 0 Å². The van der Waals surface area contributed by atoms with Crippen LogP contribution in [-0.4, -0.2) is 56.1 Å². The molecule has 1 fully saturated rings. The number of hydrogen-bond acceptors (Lipinski definition) is 7. The molecule has 11 heteroatoms. The van der Waals surface area contributed by atoms with Crippen LogP contribution in [0.2, 0.25) is 18.1 Å². The number of nitrogens with one attached hydrogen (secondary N) is 1. The summed E-state index contributed by atoms with van der Waals surface area (Å²) in [4.78, 5) is 12.4. The second-order valence-electron chi connectivity index (χ2n) is 11.9. The molecule has 0 unspecified atom stereocenters. The standard InChI is InChI=1S/C27H38N6O3SSi/c1-18-9-7-8-10-21(18)37(34,35)25-22-23(20-11-14-29-24(20)31-25)33(26(28)30-22)32-15-12-19(13-16-32)17-36-38(5,6)27(2,3)4/h7-11,14,19H,12-13,15-17H2,1-6H3,(H2,28,30)(H,29,31). The summed E-state index contributed by atoms with van der Waals surface area (Å²) in [7, 11) is -5.74. The van der Waals surface area contributed by atoms with Gasteiger partial charge in [-0.3, -0.25) is 0 Å². The Balaban J connectivity index is 1.49. The van der Waals surface area contributed by atoms with Crippen molar-refractivity contribution in [3.8, 4) is 0 Å². The lowest BCUT2D eigenvalue weighted by atomic mass is 9.99. The highest BCUT2D eigenvalue weighted by molar-refractivity contribution is 7.91. The number of nitrogens with two attached hydrogens (primary N) is 1. The Morgan fingerprint density at radius 1 is 1.13 bits per heavy atom. The minimum Gasteiger partial charge on any atom is -0.417 e. The molecule has 38 heavy (non-hydrogen) atoms. The SMILES string of the molecule is Cc1ccccc1S(=O)(=O)c1nc2[nH]ccc2c2c1nc(N)n2N1CCC(CO[Si](C)(C)C(C)(C)C)CC1. The Labute approximate surface area is 225 Å². The van der Waals surface area contributed by atoms with Gasteiger partial charge in [0, 0.05) is 31.3 Å². The van der Waals surface area contributed by atoms with Crippen LogP contribution in [0.15, 0.2) is 46.5 Å². The van der Waals surface area contributed by atoms with E-state index < -0.39 is 18.2 Å². The van der Waals surface area contributed by atoms with Crippen LogP contribution in [0.5, 0.6) is 0 Å². The summed E-state index contributed by atoms with van der Waals surface area (Å²) in [6.07, 6.45) is 3.69. The van der Waals surface area contributed by atoms with Crippen molar-refractivity contribution in [3.05, 3.63) is 42.1 Å². The van der Waals surface area contributed by atoms with Crippen molar-refractivity contribution in [2.24, 2.45) is 5.92 Å². The summed E-state index contributed by atoms with van der Waals surface area (Å²) in [6.45, 7) is 15.5. The molecule has 1 aromatic carbocycles. The van der Waals surface area contributed by atoms with Crippen molar-refractivity contribution in [1.82, 2.24) is 19.6 Å². The molecule has 3 aromatic heterocycles. The van der Waals surface area contributed by atoms with Crippen LogP contribution in [-0.2, 0) is 14.3 Å². The van der Waals surface area contributed by atoms with E-state index in [1.807, 2.05) is 16.8 Å². The average Bonchev–Trinajstić information content (AvgIpc) is 3.45. The highest BCUT2D eigenvalue weighted by atomic mass is 32.2. The first-order valence-electron chi connectivity index (χ1n) is 13.2. The zero-order chi connectivity index (χ0) is 27.5. The maximum Gasteiger partial charge on any atom is 0.226 e. The number of fused-ring (bicyclic) bond motifs is 3. The van der Waals surface area contributed by atoms with E-state index in [-0.39, 0.29) is 20.9 Å². The minimum atomic E-state index is -3.94. The molecule has 0 aliphatic carbocycles. The number of pyridine rings is 1. The fraction of sp³-hybridized carbons (Fsp3) is 0.481. The highest BCUT2D eigenvalue weighted by Gasteiger charge is 2.38. The number of piperidine rings is 1. The third-order valence-electron chi connectivity index (χ3n) is 8.27. The number of aryl methyl sites for hydroxylation is 1. The number of sulfone groups is 1. The lowest BCUT2D eigenvalue weighted by Gasteiger charge is -2.39. The van der Waals surface area contributed by atoms with Crippen molar-refractivity contribution < 1.29 is 12.8 Å². The maximum atomic E-state index is 13.8. The minimum absolute atomic E-state index is 0.0835. The monoisotopic (exact) mass is 554 g/mol. The van der Waals surface area contributed by atoms with Gasteiger partial charge in [0.2, 0.25) is 15.8 Å². The van der Waals surface area contributed by atoms with E-state index >= 15 is 0 Å². The Morgan fingerprint density at radius 2 is 1.82 bits per heavy atom. The van der Waals surface area contributed by atoms with Crippen LogP contribution in [0, 0.1) is 12.8 Å². The van der Waals surface area contributed by atoms with Gasteiger partial charge in [-0.15, -0.1) is 0 Å². The van der Waals surface area contributed by atoms with Gasteiger partial charge in [0.25, 0.3) is 0 Å². The Kier molecular flexibility index (Phi) is 6.60. The lowest BCUT2D eigenvalue weighted by molar-refractivity contribution is 0.199. The summed E-state index contributed by atoms with van der Waals surface area (Å²) in [5.74, 6) is 0.732. The molecule has 4 heterocycles. The van der Waals surface area contributed by atoms with Gasteiger partial charge in [-0.1, -0.05) is 39.0 Å². The number of nitrogens with zero attached hydrogens (tertiary/aromatic N) is 4. The van der Waals surface area contributed by atoms with E-state index in [0.717, 1.165) is 37.9 Å². The average molecular weight is 555 g/mol. The maximum absolute atomic E-state index is 13.8. The molecular formula is C27H38N6O3SSi. The molecule has 0 bridgehead atoms. The number of aromatic nitrogens is 4. The summed E-state index contributed by atoms with van der Waals surface area (Å²) in [6, 6.07) is 8.82. The number of H-pyrrole nitrogens is 1. The Hall–Kier alpha value is -2.89. The van der Waals surface area contributed by atoms with Gasteiger partial charge in [-0.25, -0.2) is 23.1 Å². The molecule has 0 saturated carbocycles. The fourth-order valence-electron chi connectivity index (χ4n) is 4.88. The molecule has 5 rings (SSSR count). The van der Waals surface area contributed by atoms with E-state index in [1.165, 1.54) is 0 Å². The predicted octanol–water partition coefficient (Wildman–Crippen LogP) is 5.01. The summed E-state index contributed by atoms with van der Waals surface area (Å²) in [5.41, 5.74) is 8.58. The van der Waals surface area contributed by atoms with Crippen LogP contribution in [0.1, 0.15) is 39.2 Å². The van der Waals surface area contributed by atoms with Gasteiger partial charge in [-0.2, -0.15) is 0 Å². The number of aromatic amines is 1. The van der Waals surface area contributed by atoms with Gasteiger partial charge in [0.15, 0.2) is 13.3 Å². The van der Waals surface area contributed by atoms with Crippen molar-refractivity contribution >= 4 is 46.2 Å². The number of rotatable bonds is 6. The number of anilines is 1. The van der Waals surface area contributed by atoms with E-state index in [2.05, 4.69) is 53.8 Å². The Morgan fingerprint density at radius 3 is 2.47 bits per heavy atom. The zero-order valence-corrected chi connectivity index (χ0v) is 24.9. The summed E-state index contributed by atoms with van der Waals surface area (Å²) >= 11 is 0. The largest absolute Gasteiger partial charge is 0.417 e. The molecule has 1 saturated heterocycles. The molecule has 3 N–H and O–H groups in total. The van der Waals surface area contributed by atoms with Gasteiger partial charge in [0.1, 0.15) is 16.7 Å². The van der Waals surface area contributed by atoms with E-state index in [1.54, 1.807) is 31.3 Å². The van der Waals surface area contributed by atoms with Crippen molar-refractivity contribution in [1.29, 1.82) is 0 Å². The van der Waals surface area contributed by atoms with Crippen LogP contribution in [0.3, 0.4) is 0 Å². The smallest absolute Gasteiger partial charge is 0.226 e. The van der Waals surface area contributed by atoms with Gasteiger partial charge < -0.3 is 20.2 Å². The lowest BCUT2D eigenvalue weighted by Crippen LogP contribution is -2.45. The number of imidazole rings is 1. The third kappa shape index (κ3) is 4.50. The normalized spacial score (nSPS) is 16.1. The molecule has 0 amide bonds. The summed E-state index contributed by atoms with van der Waals surface area (Å²) < 4.78 is 36.0.